The van der Waals surface area contributed by atoms with Gasteiger partial charge in [-0.15, -0.1) is 11.3 Å². The highest BCUT2D eigenvalue weighted by molar-refractivity contribution is 7.09. The Hall–Kier alpha value is -2.66. The fourth-order valence-electron chi connectivity index (χ4n) is 2.66. The molecule has 11 heteroatoms. The monoisotopic (exact) mass is 445 g/mol. The third-order valence-corrected chi connectivity index (χ3v) is 5.41. The molecule has 0 radical (unpaired) electrons. The molecule has 2 aromatic rings. The standard InChI is InChI=1S/C19H22F3N3O4S/c1-4-25(10-15(26)24-13-7-5-6-8-14(13)29-3)16(27)9-18(28,19(20,21)22)17-23-12(2)11-30-17/h5-8,11,28H,4,9-10H2,1-3H3,(H,24,26). The van der Waals surface area contributed by atoms with Crippen molar-refractivity contribution in [1.82, 2.24) is 9.88 Å². The first-order valence-corrected chi connectivity index (χ1v) is 9.82. The van der Waals surface area contributed by atoms with Crippen molar-refractivity contribution < 1.29 is 32.6 Å². The zero-order chi connectivity index (χ0) is 22.5. The van der Waals surface area contributed by atoms with Crippen LogP contribution in [-0.4, -0.2) is 53.2 Å². The topological polar surface area (TPSA) is 91.8 Å². The summed E-state index contributed by atoms with van der Waals surface area (Å²) in [5.41, 5.74) is -2.78. The number of carbonyl (C=O) groups is 2. The number of benzene rings is 1. The van der Waals surface area contributed by atoms with Crippen molar-refractivity contribution in [3.8, 4) is 5.75 Å². The average molecular weight is 445 g/mol. The van der Waals surface area contributed by atoms with E-state index in [1.165, 1.54) is 26.3 Å². The Bertz CT molecular complexity index is 903. The van der Waals surface area contributed by atoms with E-state index in [1.54, 1.807) is 24.3 Å². The van der Waals surface area contributed by atoms with Gasteiger partial charge in [0, 0.05) is 17.6 Å². The molecule has 0 saturated carbocycles. The number of alkyl halides is 3. The number of anilines is 1. The van der Waals surface area contributed by atoms with Crippen LogP contribution in [0.3, 0.4) is 0 Å². The second-order valence-electron chi connectivity index (χ2n) is 6.49. The van der Waals surface area contributed by atoms with E-state index < -0.39 is 41.6 Å². The fourth-order valence-corrected chi connectivity index (χ4v) is 3.57. The van der Waals surface area contributed by atoms with Crippen LogP contribution in [0.5, 0.6) is 5.75 Å². The van der Waals surface area contributed by atoms with Gasteiger partial charge in [0.25, 0.3) is 0 Å². The first kappa shape index (κ1) is 23.6. The first-order chi connectivity index (χ1) is 14.0. The van der Waals surface area contributed by atoms with E-state index in [0.717, 1.165) is 4.90 Å². The zero-order valence-corrected chi connectivity index (χ0v) is 17.4. The molecule has 0 aliphatic carbocycles. The van der Waals surface area contributed by atoms with Crippen LogP contribution < -0.4 is 10.1 Å². The number of halogens is 3. The van der Waals surface area contributed by atoms with Crippen LogP contribution in [0.25, 0.3) is 0 Å². The van der Waals surface area contributed by atoms with E-state index >= 15 is 0 Å². The number of likely N-dealkylation sites (N-methyl/N-ethyl adjacent to an activating group) is 1. The quantitative estimate of drug-likeness (QED) is 0.652. The normalized spacial score (nSPS) is 13.4. The van der Waals surface area contributed by atoms with Gasteiger partial charge in [-0.3, -0.25) is 9.59 Å². The molecule has 0 aliphatic heterocycles. The Kier molecular flexibility index (Phi) is 7.43. The zero-order valence-electron chi connectivity index (χ0n) is 16.6. The third-order valence-electron chi connectivity index (χ3n) is 4.30. The molecular weight excluding hydrogens is 423 g/mol. The van der Waals surface area contributed by atoms with Crippen molar-refractivity contribution in [3.63, 3.8) is 0 Å². The van der Waals surface area contributed by atoms with Gasteiger partial charge in [0.2, 0.25) is 17.4 Å². The molecule has 0 fully saturated rings. The summed E-state index contributed by atoms with van der Waals surface area (Å²) in [6.07, 6.45) is -6.40. The van der Waals surface area contributed by atoms with Gasteiger partial charge in [0.05, 0.1) is 25.8 Å². The van der Waals surface area contributed by atoms with Crippen molar-refractivity contribution in [2.45, 2.75) is 32.0 Å². The van der Waals surface area contributed by atoms with Crippen molar-refractivity contribution in [2.75, 3.05) is 25.5 Å². The number of hydrogen-bond acceptors (Lipinski definition) is 6. The highest BCUT2D eigenvalue weighted by Crippen LogP contribution is 2.43. The molecule has 30 heavy (non-hydrogen) atoms. The average Bonchev–Trinajstić information content (AvgIpc) is 3.12. The number of nitrogens with zero attached hydrogens (tertiary/aromatic N) is 2. The molecule has 1 aromatic carbocycles. The van der Waals surface area contributed by atoms with Crippen LogP contribution in [0.1, 0.15) is 24.0 Å². The van der Waals surface area contributed by atoms with Crippen LogP contribution in [0.15, 0.2) is 29.6 Å². The molecule has 1 heterocycles. The lowest BCUT2D eigenvalue weighted by atomic mass is 9.98. The maximum absolute atomic E-state index is 13.6. The Labute approximate surface area is 175 Å². The summed E-state index contributed by atoms with van der Waals surface area (Å²) >= 11 is 0.619. The number of thiazole rings is 1. The van der Waals surface area contributed by atoms with E-state index in [4.69, 9.17) is 4.74 Å². The number of ether oxygens (including phenoxy) is 1. The number of para-hydroxylation sites is 2. The number of nitrogens with one attached hydrogen (secondary N) is 1. The number of carbonyl (C=O) groups excluding carboxylic acids is 2. The van der Waals surface area contributed by atoms with Crippen LogP contribution in [0, 0.1) is 6.92 Å². The predicted molar refractivity (Wildman–Crippen MR) is 105 cm³/mol. The molecule has 0 saturated heterocycles. The van der Waals surface area contributed by atoms with E-state index in [2.05, 4.69) is 10.3 Å². The summed E-state index contributed by atoms with van der Waals surface area (Å²) in [6.45, 7) is 2.49. The molecule has 164 valence electrons. The van der Waals surface area contributed by atoms with Gasteiger partial charge in [-0.1, -0.05) is 12.1 Å². The molecule has 2 rings (SSSR count). The fraction of sp³-hybridized carbons (Fsp3) is 0.421. The number of aliphatic hydroxyl groups is 1. The van der Waals surface area contributed by atoms with E-state index in [1.807, 2.05) is 0 Å². The molecule has 7 nitrogen and oxygen atoms in total. The third kappa shape index (κ3) is 5.28. The first-order valence-electron chi connectivity index (χ1n) is 8.94. The van der Waals surface area contributed by atoms with Crippen molar-refractivity contribution in [1.29, 1.82) is 0 Å². The Morgan fingerprint density at radius 3 is 2.50 bits per heavy atom. The number of aromatic nitrogens is 1. The largest absolute Gasteiger partial charge is 0.495 e. The minimum atomic E-state index is -5.12. The van der Waals surface area contributed by atoms with Gasteiger partial charge in [-0.25, -0.2) is 4.98 Å². The van der Waals surface area contributed by atoms with E-state index in [0.29, 0.717) is 28.5 Å². The number of rotatable bonds is 8. The number of amides is 2. The molecule has 0 bridgehead atoms. The summed E-state index contributed by atoms with van der Waals surface area (Å²) in [5.74, 6) is -1.25. The van der Waals surface area contributed by atoms with Gasteiger partial charge in [0.1, 0.15) is 10.8 Å². The van der Waals surface area contributed by atoms with Gasteiger partial charge >= 0.3 is 6.18 Å². The van der Waals surface area contributed by atoms with Crippen molar-refractivity contribution in [3.05, 3.63) is 40.3 Å². The highest BCUT2D eigenvalue weighted by Gasteiger charge is 2.58. The molecular formula is C19H22F3N3O4S. The SMILES string of the molecule is CCN(CC(=O)Nc1ccccc1OC)C(=O)CC(O)(c1nc(C)cs1)C(F)(F)F. The molecule has 1 unspecified atom stereocenters. The lowest BCUT2D eigenvalue weighted by Crippen LogP contribution is -2.48. The smallest absolute Gasteiger partial charge is 0.424 e. The summed E-state index contributed by atoms with van der Waals surface area (Å²) in [4.78, 5) is 29.5. The summed E-state index contributed by atoms with van der Waals surface area (Å²) in [5, 5.41) is 13.6. The number of aryl methyl sites for hydroxylation is 1. The lowest BCUT2D eigenvalue weighted by molar-refractivity contribution is -0.268. The summed E-state index contributed by atoms with van der Waals surface area (Å²) in [7, 11) is 1.42. The molecule has 0 aliphatic rings. The van der Waals surface area contributed by atoms with E-state index in [9.17, 15) is 27.9 Å². The van der Waals surface area contributed by atoms with Gasteiger partial charge in [-0.2, -0.15) is 13.2 Å². The maximum atomic E-state index is 13.6. The Morgan fingerprint density at radius 1 is 1.30 bits per heavy atom. The van der Waals surface area contributed by atoms with E-state index in [-0.39, 0.29) is 6.54 Å². The molecule has 2 N–H and O–H groups in total. The van der Waals surface area contributed by atoms with Crippen molar-refractivity contribution in [2.24, 2.45) is 0 Å². The van der Waals surface area contributed by atoms with Gasteiger partial charge < -0.3 is 20.1 Å². The summed E-state index contributed by atoms with van der Waals surface area (Å²) in [6, 6.07) is 6.58. The minimum absolute atomic E-state index is 0.0248. The number of hydrogen-bond donors (Lipinski definition) is 2. The van der Waals surface area contributed by atoms with Crippen LogP contribution in [0.2, 0.25) is 0 Å². The second-order valence-corrected chi connectivity index (χ2v) is 7.34. The highest BCUT2D eigenvalue weighted by atomic mass is 32.1. The van der Waals surface area contributed by atoms with Crippen LogP contribution in [0.4, 0.5) is 18.9 Å². The predicted octanol–water partition coefficient (Wildman–Crippen LogP) is 3.09. The van der Waals surface area contributed by atoms with Gasteiger partial charge in [0.15, 0.2) is 0 Å². The number of methoxy groups -OCH3 is 1. The minimum Gasteiger partial charge on any atom is -0.495 e. The van der Waals surface area contributed by atoms with Crippen LogP contribution >= 0.6 is 11.3 Å². The molecule has 2 amide bonds. The molecule has 1 aromatic heterocycles. The lowest BCUT2D eigenvalue weighted by Gasteiger charge is -2.30. The Morgan fingerprint density at radius 2 is 1.97 bits per heavy atom. The molecule has 1 atom stereocenters. The van der Waals surface area contributed by atoms with Crippen molar-refractivity contribution >= 4 is 28.8 Å². The van der Waals surface area contributed by atoms with Crippen LogP contribution in [-0.2, 0) is 15.2 Å². The summed E-state index contributed by atoms with van der Waals surface area (Å²) < 4.78 is 46.0. The Balaban J connectivity index is 2.15. The maximum Gasteiger partial charge on any atom is 0.424 e. The second kappa shape index (κ2) is 9.43. The molecule has 0 spiro atoms. The van der Waals surface area contributed by atoms with Gasteiger partial charge in [-0.05, 0) is 26.0 Å².